The van der Waals surface area contributed by atoms with Gasteiger partial charge in [-0.2, -0.15) is 4.98 Å². The number of rotatable bonds is 3. The fourth-order valence-electron chi connectivity index (χ4n) is 2.77. The molecule has 0 radical (unpaired) electrons. The van der Waals surface area contributed by atoms with E-state index in [2.05, 4.69) is 20.1 Å². The molecule has 2 saturated heterocycles. The number of hydrogen-bond donors (Lipinski definition) is 1. The van der Waals surface area contributed by atoms with Gasteiger partial charge in [0, 0.05) is 13.1 Å². The summed E-state index contributed by atoms with van der Waals surface area (Å²) in [5.74, 6) is 1.64. The first-order valence-electron chi connectivity index (χ1n) is 7.56. The molecule has 3 heterocycles. The Hall–Kier alpha value is -2.06. The Bertz CT molecular complexity index is 686. The van der Waals surface area contributed by atoms with Crippen molar-refractivity contribution in [2.45, 2.75) is 5.37 Å². The van der Waals surface area contributed by atoms with Crippen LogP contribution >= 0.6 is 11.8 Å². The molecule has 0 saturated carbocycles. The minimum Gasteiger partial charge on any atom is -0.378 e. The van der Waals surface area contributed by atoms with E-state index in [1.165, 1.54) is 0 Å². The summed E-state index contributed by atoms with van der Waals surface area (Å²) in [6.45, 7) is 2.88. The van der Waals surface area contributed by atoms with Crippen LogP contribution in [-0.4, -0.2) is 53.1 Å². The zero-order valence-electron chi connectivity index (χ0n) is 12.5. The summed E-state index contributed by atoms with van der Waals surface area (Å²) in [5, 5.41) is 7.14. The quantitative estimate of drug-likeness (QED) is 0.917. The molecule has 2 aromatic rings. The number of ether oxygens (including phenoxy) is 1. The Morgan fingerprint density at radius 2 is 2.00 bits per heavy atom. The number of thioether (sulfide) groups is 1. The van der Waals surface area contributed by atoms with Gasteiger partial charge in [-0.1, -0.05) is 30.3 Å². The van der Waals surface area contributed by atoms with Crippen LogP contribution in [0.15, 0.2) is 30.3 Å². The van der Waals surface area contributed by atoms with E-state index >= 15 is 0 Å². The first kappa shape index (κ1) is 14.5. The van der Waals surface area contributed by atoms with Crippen molar-refractivity contribution < 1.29 is 9.53 Å². The van der Waals surface area contributed by atoms with Crippen molar-refractivity contribution in [1.29, 1.82) is 0 Å². The number of aromatic amines is 1. The maximum atomic E-state index is 12.3. The average molecular weight is 331 g/mol. The molecule has 0 unspecified atom stereocenters. The van der Waals surface area contributed by atoms with Crippen LogP contribution in [0, 0.1) is 0 Å². The highest BCUT2D eigenvalue weighted by molar-refractivity contribution is 8.00. The van der Waals surface area contributed by atoms with Crippen molar-refractivity contribution in [1.82, 2.24) is 15.2 Å². The molecule has 0 aliphatic carbocycles. The normalized spacial score (nSPS) is 21.9. The van der Waals surface area contributed by atoms with Gasteiger partial charge in [-0.05, 0) is 5.56 Å². The first-order chi connectivity index (χ1) is 11.3. The van der Waals surface area contributed by atoms with Gasteiger partial charge in [0.25, 0.3) is 0 Å². The molecule has 120 valence electrons. The van der Waals surface area contributed by atoms with Gasteiger partial charge in [-0.3, -0.25) is 9.69 Å². The molecule has 2 aliphatic heterocycles. The number of amides is 1. The van der Waals surface area contributed by atoms with Gasteiger partial charge in [0.2, 0.25) is 17.8 Å². The number of carbonyl (C=O) groups excluding carboxylic acids is 1. The van der Waals surface area contributed by atoms with Crippen LogP contribution in [-0.2, 0) is 9.53 Å². The highest BCUT2D eigenvalue weighted by Gasteiger charge is 2.36. The summed E-state index contributed by atoms with van der Waals surface area (Å²) in [7, 11) is 0. The van der Waals surface area contributed by atoms with Crippen LogP contribution in [0.4, 0.5) is 11.9 Å². The molecular formula is C15H17N5O2S. The molecule has 1 amide bonds. The van der Waals surface area contributed by atoms with E-state index in [9.17, 15) is 4.79 Å². The minimum absolute atomic E-state index is 0.0496. The van der Waals surface area contributed by atoms with E-state index in [1.54, 1.807) is 16.7 Å². The van der Waals surface area contributed by atoms with E-state index in [-0.39, 0.29) is 11.3 Å². The third kappa shape index (κ3) is 2.79. The Kier molecular flexibility index (Phi) is 3.92. The van der Waals surface area contributed by atoms with E-state index in [0.717, 1.165) is 18.7 Å². The molecule has 0 spiro atoms. The zero-order valence-corrected chi connectivity index (χ0v) is 13.3. The van der Waals surface area contributed by atoms with Gasteiger partial charge in [-0.25, -0.2) is 5.10 Å². The van der Waals surface area contributed by atoms with Crippen LogP contribution in [0.3, 0.4) is 0 Å². The van der Waals surface area contributed by atoms with Crippen LogP contribution in [0.25, 0.3) is 0 Å². The van der Waals surface area contributed by atoms with Crippen molar-refractivity contribution in [2.24, 2.45) is 0 Å². The smallest absolute Gasteiger partial charge is 0.246 e. The number of nitrogens with one attached hydrogen (secondary N) is 1. The lowest BCUT2D eigenvalue weighted by Gasteiger charge is -2.25. The molecule has 2 aliphatic rings. The molecule has 23 heavy (non-hydrogen) atoms. The second-order valence-corrected chi connectivity index (χ2v) is 6.46. The van der Waals surface area contributed by atoms with Gasteiger partial charge in [0.05, 0.1) is 19.0 Å². The Labute approximate surface area is 138 Å². The van der Waals surface area contributed by atoms with E-state index in [1.807, 2.05) is 30.3 Å². The monoisotopic (exact) mass is 331 g/mol. The Balaban J connectivity index is 1.60. The number of nitrogens with zero attached hydrogens (tertiary/aromatic N) is 4. The fourth-order valence-corrected chi connectivity index (χ4v) is 3.93. The van der Waals surface area contributed by atoms with Crippen LogP contribution in [0.1, 0.15) is 10.9 Å². The van der Waals surface area contributed by atoms with Gasteiger partial charge < -0.3 is 9.64 Å². The summed E-state index contributed by atoms with van der Waals surface area (Å²) in [6, 6.07) is 10.00. The maximum absolute atomic E-state index is 12.3. The van der Waals surface area contributed by atoms with Crippen LogP contribution in [0.2, 0.25) is 0 Å². The molecule has 4 rings (SSSR count). The number of benzene rings is 1. The molecule has 1 atom stereocenters. The SMILES string of the molecule is O=C1CS[C@H](c2ccccc2)N1c1nc(N2CCOCC2)n[nH]1. The van der Waals surface area contributed by atoms with Gasteiger partial charge >= 0.3 is 0 Å². The summed E-state index contributed by atoms with van der Waals surface area (Å²) in [5.41, 5.74) is 1.09. The highest BCUT2D eigenvalue weighted by Crippen LogP contribution is 2.40. The van der Waals surface area contributed by atoms with Crippen molar-refractivity contribution in [2.75, 3.05) is 41.9 Å². The molecule has 1 aromatic carbocycles. The van der Waals surface area contributed by atoms with E-state index in [0.29, 0.717) is 30.9 Å². The van der Waals surface area contributed by atoms with E-state index < -0.39 is 0 Å². The number of morpholine rings is 1. The maximum Gasteiger partial charge on any atom is 0.246 e. The summed E-state index contributed by atoms with van der Waals surface area (Å²) in [4.78, 5) is 20.6. The number of hydrogen-bond acceptors (Lipinski definition) is 6. The zero-order chi connectivity index (χ0) is 15.6. The standard InChI is InChI=1S/C15H17N5O2S/c21-12-10-23-13(11-4-2-1-3-5-11)20(12)15-16-14(17-18-15)19-6-8-22-9-7-19/h1-5,13H,6-10H2,(H,16,17,18)/t13-/m1/s1. The molecule has 7 nitrogen and oxygen atoms in total. The summed E-state index contributed by atoms with van der Waals surface area (Å²) >= 11 is 1.61. The third-order valence-electron chi connectivity index (χ3n) is 3.94. The van der Waals surface area contributed by atoms with Crippen molar-refractivity contribution in [3.8, 4) is 0 Å². The highest BCUT2D eigenvalue weighted by atomic mass is 32.2. The third-order valence-corrected chi connectivity index (χ3v) is 5.15. The lowest BCUT2D eigenvalue weighted by Crippen LogP contribution is -2.37. The largest absolute Gasteiger partial charge is 0.378 e. The molecule has 8 heteroatoms. The van der Waals surface area contributed by atoms with Crippen molar-refractivity contribution >= 4 is 29.6 Å². The predicted molar refractivity (Wildman–Crippen MR) is 88.5 cm³/mol. The first-order valence-corrected chi connectivity index (χ1v) is 8.61. The van der Waals surface area contributed by atoms with Crippen LogP contribution in [0.5, 0.6) is 0 Å². The lowest BCUT2D eigenvalue weighted by atomic mass is 10.2. The van der Waals surface area contributed by atoms with Gasteiger partial charge in [0.15, 0.2) is 0 Å². The number of aromatic nitrogens is 3. The summed E-state index contributed by atoms with van der Waals surface area (Å²) < 4.78 is 5.34. The molecule has 1 aromatic heterocycles. The molecule has 0 bridgehead atoms. The minimum atomic E-state index is -0.0609. The lowest BCUT2D eigenvalue weighted by molar-refractivity contribution is -0.115. The second-order valence-electron chi connectivity index (χ2n) is 5.40. The molecular weight excluding hydrogens is 314 g/mol. The number of H-pyrrole nitrogens is 1. The fraction of sp³-hybridized carbons (Fsp3) is 0.400. The van der Waals surface area contributed by atoms with Crippen LogP contribution < -0.4 is 9.80 Å². The number of anilines is 2. The topological polar surface area (TPSA) is 74.3 Å². The second kappa shape index (κ2) is 6.21. The van der Waals surface area contributed by atoms with Gasteiger partial charge in [-0.15, -0.1) is 16.9 Å². The summed E-state index contributed by atoms with van der Waals surface area (Å²) in [6.07, 6.45) is 0. The average Bonchev–Trinajstić information content (AvgIpc) is 3.23. The van der Waals surface area contributed by atoms with Gasteiger partial charge in [0.1, 0.15) is 5.37 Å². The van der Waals surface area contributed by atoms with Crippen molar-refractivity contribution in [3.63, 3.8) is 0 Å². The molecule has 2 fully saturated rings. The van der Waals surface area contributed by atoms with E-state index in [4.69, 9.17) is 4.74 Å². The Morgan fingerprint density at radius 3 is 2.78 bits per heavy atom. The Morgan fingerprint density at radius 1 is 1.22 bits per heavy atom. The molecule has 1 N–H and O–H groups in total. The van der Waals surface area contributed by atoms with Crippen molar-refractivity contribution in [3.05, 3.63) is 35.9 Å². The predicted octanol–water partition coefficient (Wildman–Crippen LogP) is 1.42. The number of carbonyl (C=O) groups is 1.